The molecular weight excluding hydrogens is 228 g/mol. The smallest absolute Gasteiger partial charge is 0.121 e. The Morgan fingerprint density at radius 1 is 1.39 bits per heavy atom. The van der Waals surface area contributed by atoms with Gasteiger partial charge in [-0.05, 0) is 43.2 Å². The van der Waals surface area contributed by atoms with E-state index >= 15 is 0 Å². The maximum atomic E-state index is 10.4. The molecule has 0 saturated carbocycles. The lowest BCUT2D eigenvalue weighted by molar-refractivity contribution is 0.208. The van der Waals surface area contributed by atoms with Gasteiger partial charge >= 0.3 is 0 Å². The van der Waals surface area contributed by atoms with Gasteiger partial charge in [0.05, 0.1) is 12.8 Å². The van der Waals surface area contributed by atoms with Crippen molar-refractivity contribution in [2.24, 2.45) is 0 Å². The van der Waals surface area contributed by atoms with Gasteiger partial charge in [-0.1, -0.05) is 6.07 Å². The highest BCUT2D eigenvalue weighted by atomic mass is 16.5. The van der Waals surface area contributed by atoms with E-state index < -0.39 is 6.10 Å². The fourth-order valence-corrected chi connectivity index (χ4v) is 2.08. The molecule has 0 spiro atoms. The second-order valence-corrected chi connectivity index (χ2v) is 4.20. The molecule has 1 atom stereocenters. The third-order valence-electron chi connectivity index (χ3n) is 3.06. The molecule has 0 aliphatic heterocycles. The van der Waals surface area contributed by atoms with Crippen LogP contribution in [0.5, 0.6) is 5.75 Å². The van der Waals surface area contributed by atoms with Gasteiger partial charge in [-0.15, -0.1) is 0 Å². The molecular formula is C14H18N2O2. The van der Waals surface area contributed by atoms with E-state index in [1.54, 1.807) is 18.0 Å². The number of aliphatic hydroxyl groups excluding tert-OH is 1. The first kappa shape index (κ1) is 12.6. The highest BCUT2D eigenvalue weighted by Crippen LogP contribution is 2.26. The number of aliphatic hydroxyl groups is 1. The zero-order chi connectivity index (χ0) is 13.1. The average molecular weight is 246 g/mol. The van der Waals surface area contributed by atoms with Crippen molar-refractivity contribution in [2.45, 2.75) is 26.5 Å². The molecule has 0 bridgehead atoms. The minimum Gasteiger partial charge on any atom is -0.496 e. The van der Waals surface area contributed by atoms with Crippen molar-refractivity contribution >= 4 is 0 Å². The summed E-state index contributed by atoms with van der Waals surface area (Å²) in [6.45, 7) is 4.71. The van der Waals surface area contributed by atoms with Crippen LogP contribution in [0.2, 0.25) is 0 Å². The van der Waals surface area contributed by atoms with Gasteiger partial charge in [0.25, 0.3) is 0 Å². The lowest BCUT2D eigenvalue weighted by Crippen LogP contribution is -2.09. The summed E-state index contributed by atoms with van der Waals surface area (Å²) >= 11 is 0. The fraction of sp³-hybridized carbons (Fsp3) is 0.357. The van der Waals surface area contributed by atoms with Crippen molar-refractivity contribution in [1.29, 1.82) is 0 Å². The summed E-state index contributed by atoms with van der Waals surface area (Å²) in [7, 11) is 1.64. The quantitative estimate of drug-likeness (QED) is 0.900. The van der Waals surface area contributed by atoms with Crippen LogP contribution < -0.4 is 4.74 Å². The highest BCUT2D eigenvalue weighted by molar-refractivity contribution is 5.38. The first-order valence-electron chi connectivity index (χ1n) is 6.01. The summed E-state index contributed by atoms with van der Waals surface area (Å²) in [5.41, 5.74) is 2.67. The summed E-state index contributed by atoms with van der Waals surface area (Å²) in [6.07, 6.45) is 1.05. The van der Waals surface area contributed by atoms with Crippen LogP contribution in [-0.4, -0.2) is 22.0 Å². The monoisotopic (exact) mass is 246 g/mol. The zero-order valence-electron chi connectivity index (χ0n) is 10.9. The van der Waals surface area contributed by atoms with Crippen molar-refractivity contribution < 1.29 is 9.84 Å². The second kappa shape index (κ2) is 5.23. The van der Waals surface area contributed by atoms with Crippen molar-refractivity contribution in [1.82, 2.24) is 9.78 Å². The molecule has 0 amide bonds. The zero-order valence-corrected chi connectivity index (χ0v) is 10.9. The van der Waals surface area contributed by atoms with Crippen LogP contribution >= 0.6 is 0 Å². The van der Waals surface area contributed by atoms with Gasteiger partial charge in [-0.2, -0.15) is 5.10 Å². The van der Waals surface area contributed by atoms with Crippen molar-refractivity contribution in [3.05, 3.63) is 47.3 Å². The Morgan fingerprint density at radius 3 is 2.78 bits per heavy atom. The molecule has 0 radical (unpaired) electrons. The molecule has 0 aliphatic carbocycles. The average Bonchev–Trinajstić information content (AvgIpc) is 2.86. The lowest BCUT2D eigenvalue weighted by Gasteiger charge is -2.14. The van der Waals surface area contributed by atoms with Crippen LogP contribution in [0.1, 0.15) is 29.8 Å². The molecule has 18 heavy (non-hydrogen) atoms. The molecule has 1 aromatic carbocycles. The summed E-state index contributed by atoms with van der Waals surface area (Å²) < 4.78 is 7.01. The molecule has 1 N–H and O–H groups in total. The summed E-state index contributed by atoms with van der Waals surface area (Å²) in [5, 5.41) is 14.5. The van der Waals surface area contributed by atoms with Gasteiger partial charge in [-0.25, -0.2) is 0 Å². The molecule has 4 heteroatoms. The lowest BCUT2D eigenvalue weighted by atomic mass is 10.0. The van der Waals surface area contributed by atoms with Gasteiger partial charge in [0.2, 0.25) is 0 Å². The molecule has 0 aliphatic rings. The van der Waals surface area contributed by atoms with Crippen molar-refractivity contribution in [2.75, 3.05) is 7.11 Å². The molecule has 2 rings (SSSR count). The maximum Gasteiger partial charge on any atom is 0.121 e. The van der Waals surface area contributed by atoms with Gasteiger partial charge < -0.3 is 9.84 Å². The number of rotatable bonds is 4. The normalized spacial score (nSPS) is 12.4. The third kappa shape index (κ3) is 2.24. The number of hydrogen-bond donors (Lipinski definition) is 1. The van der Waals surface area contributed by atoms with E-state index in [0.717, 1.165) is 29.1 Å². The van der Waals surface area contributed by atoms with Crippen LogP contribution in [0.4, 0.5) is 0 Å². The summed E-state index contributed by atoms with van der Waals surface area (Å²) in [6, 6.07) is 7.54. The van der Waals surface area contributed by atoms with Gasteiger partial charge in [0, 0.05) is 12.7 Å². The number of nitrogens with zero attached hydrogens (tertiary/aromatic N) is 2. The Labute approximate surface area is 107 Å². The van der Waals surface area contributed by atoms with E-state index in [2.05, 4.69) is 5.10 Å². The number of benzene rings is 1. The molecule has 1 heterocycles. The summed E-state index contributed by atoms with van der Waals surface area (Å²) in [5.74, 6) is 0.829. The molecule has 0 fully saturated rings. The Balaban J connectivity index is 2.34. The van der Waals surface area contributed by atoms with E-state index in [1.165, 1.54) is 0 Å². The standard InChI is InChI=1S/C14H18N2O2/c1-4-16-12(7-8-15-16)14(17)11-5-6-13(18-3)10(2)9-11/h5-9,14,17H,4H2,1-3H3. The van der Waals surface area contributed by atoms with E-state index in [0.29, 0.717) is 0 Å². The predicted molar refractivity (Wildman–Crippen MR) is 69.7 cm³/mol. The molecule has 96 valence electrons. The fourth-order valence-electron chi connectivity index (χ4n) is 2.08. The van der Waals surface area contributed by atoms with Crippen LogP contribution in [0, 0.1) is 6.92 Å². The van der Waals surface area contributed by atoms with Gasteiger partial charge in [0.1, 0.15) is 11.9 Å². The number of hydrogen-bond acceptors (Lipinski definition) is 3. The predicted octanol–water partition coefficient (Wildman–Crippen LogP) is 2.30. The van der Waals surface area contributed by atoms with Crippen molar-refractivity contribution in [3.8, 4) is 5.75 Å². The first-order chi connectivity index (χ1) is 8.67. The Kier molecular flexibility index (Phi) is 3.67. The maximum absolute atomic E-state index is 10.4. The topological polar surface area (TPSA) is 47.3 Å². The Hall–Kier alpha value is -1.81. The molecule has 4 nitrogen and oxygen atoms in total. The highest BCUT2D eigenvalue weighted by Gasteiger charge is 2.15. The largest absolute Gasteiger partial charge is 0.496 e. The molecule has 0 saturated heterocycles. The Morgan fingerprint density at radius 2 is 2.17 bits per heavy atom. The van der Waals surface area contributed by atoms with Crippen LogP contribution in [0.3, 0.4) is 0 Å². The Bertz CT molecular complexity index is 534. The molecule has 2 aromatic rings. The van der Waals surface area contributed by atoms with E-state index in [1.807, 2.05) is 38.1 Å². The minimum atomic E-state index is -0.656. The number of ether oxygens (including phenoxy) is 1. The minimum absolute atomic E-state index is 0.656. The first-order valence-corrected chi connectivity index (χ1v) is 6.01. The van der Waals surface area contributed by atoms with Gasteiger partial charge in [-0.3, -0.25) is 4.68 Å². The third-order valence-corrected chi connectivity index (χ3v) is 3.06. The van der Waals surface area contributed by atoms with Crippen LogP contribution in [0.25, 0.3) is 0 Å². The van der Waals surface area contributed by atoms with Crippen LogP contribution in [0.15, 0.2) is 30.5 Å². The SMILES string of the molecule is CCn1nccc1C(O)c1ccc(OC)c(C)c1. The number of aromatic nitrogens is 2. The summed E-state index contributed by atoms with van der Waals surface area (Å²) in [4.78, 5) is 0. The van der Waals surface area contributed by atoms with E-state index in [9.17, 15) is 5.11 Å². The van der Waals surface area contributed by atoms with Gasteiger partial charge in [0.15, 0.2) is 0 Å². The number of methoxy groups -OCH3 is 1. The van der Waals surface area contributed by atoms with E-state index in [4.69, 9.17) is 4.74 Å². The van der Waals surface area contributed by atoms with Crippen molar-refractivity contribution in [3.63, 3.8) is 0 Å². The van der Waals surface area contributed by atoms with E-state index in [-0.39, 0.29) is 0 Å². The molecule has 1 unspecified atom stereocenters. The second-order valence-electron chi connectivity index (χ2n) is 4.20. The number of aryl methyl sites for hydroxylation is 2. The van der Waals surface area contributed by atoms with Crippen LogP contribution in [-0.2, 0) is 6.54 Å². The molecule has 1 aromatic heterocycles.